The van der Waals surface area contributed by atoms with Crippen molar-refractivity contribution in [3.05, 3.63) is 53.0 Å². The second-order valence-electron chi connectivity index (χ2n) is 7.33. The van der Waals surface area contributed by atoms with Gasteiger partial charge in [0.25, 0.3) is 0 Å². The lowest BCUT2D eigenvalue weighted by molar-refractivity contribution is -0.102. The Morgan fingerprint density at radius 1 is 1.24 bits per heavy atom. The Balaban J connectivity index is 1.39. The van der Waals surface area contributed by atoms with E-state index in [0.717, 1.165) is 57.0 Å². The van der Waals surface area contributed by atoms with Gasteiger partial charge in [-0.2, -0.15) is 0 Å². The quantitative estimate of drug-likeness (QED) is 0.777. The maximum absolute atomic E-state index is 6.37. The van der Waals surface area contributed by atoms with E-state index in [-0.39, 0.29) is 5.60 Å². The number of fused-ring (bicyclic) bond motifs is 4. The van der Waals surface area contributed by atoms with Gasteiger partial charge in [0.05, 0.1) is 24.5 Å². The first-order valence-corrected chi connectivity index (χ1v) is 9.12. The number of aromatic nitrogens is 2. The summed E-state index contributed by atoms with van der Waals surface area (Å²) >= 11 is 0. The van der Waals surface area contributed by atoms with Crippen LogP contribution in [0.3, 0.4) is 0 Å². The number of hydrogen-bond acceptors (Lipinski definition) is 4. The van der Waals surface area contributed by atoms with E-state index in [1.165, 1.54) is 22.2 Å². The van der Waals surface area contributed by atoms with E-state index >= 15 is 0 Å². The maximum Gasteiger partial charge on any atom is 0.150 e. The summed E-state index contributed by atoms with van der Waals surface area (Å²) in [6, 6.07) is 10.6. The third-order valence-electron chi connectivity index (χ3n) is 5.72. The van der Waals surface area contributed by atoms with Crippen LogP contribution >= 0.6 is 0 Å². The highest BCUT2D eigenvalue weighted by Gasteiger charge is 2.42. The first kappa shape index (κ1) is 15.2. The molecule has 2 aliphatic heterocycles. The van der Waals surface area contributed by atoms with Gasteiger partial charge in [-0.25, -0.2) is 0 Å². The number of likely N-dealkylation sites (tertiary alicyclic amines) is 1. The van der Waals surface area contributed by atoms with Crippen molar-refractivity contribution in [2.45, 2.75) is 38.3 Å². The molecule has 1 saturated heterocycles. The number of hydrogen-bond donors (Lipinski definition) is 1. The second kappa shape index (κ2) is 5.71. The molecular formula is C20H23N3O2. The molecule has 2 aliphatic rings. The first-order chi connectivity index (χ1) is 12.2. The Kier molecular flexibility index (Phi) is 3.47. The topological polar surface area (TPSA) is 54.3 Å². The fourth-order valence-electron chi connectivity index (χ4n) is 4.45. The van der Waals surface area contributed by atoms with Gasteiger partial charge in [-0.1, -0.05) is 23.4 Å². The van der Waals surface area contributed by atoms with Gasteiger partial charge < -0.3 is 14.2 Å². The zero-order valence-corrected chi connectivity index (χ0v) is 14.5. The standard InChI is InChI=1S/C20H23N3O2/c1-14-12-15(25-22-14)13-23-9-7-20(8-10-23)19-17(6-11-24-20)16-4-2-3-5-18(16)21-19/h2-5,12,21H,6-11,13H2,1H3. The molecule has 4 heterocycles. The fourth-order valence-corrected chi connectivity index (χ4v) is 4.45. The van der Waals surface area contributed by atoms with Crippen molar-refractivity contribution in [1.29, 1.82) is 0 Å². The van der Waals surface area contributed by atoms with Gasteiger partial charge >= 0.3 is 0 Å². The van der Waals surface area contributed by atoms with E-state index in [1.807, 2.05) is 13.0 Å². The minimum absolute atomic E-state index is 0.152. The van der Waals surface area contributed by atoms with Crippen LogP contribution in [0.15, 0.2) is 34.9 Å². The lowest BCUT2D eigenvalue weighted by atomic mass is 9.83. The molecule has 130 valence electrons. The zero-order chi connectivity index (χ0) is 16.9. The molecule has 0 unspecified atom stereocenters. The largest absolute Gasteiger partial charge is 0.368 e. The molecule has 0 radical (unpaired) electrons. The van der Waals surface area contributed by atoms with Crippen LogP contribution in [0.2, 0.25) is 0 Å². The molecule has 0 atom stereocenters. The van der Waals surface area contributed by atoms with Crippen molar-refractivity contribution in [1.82, 2.24) is 15.0 Å². The molecule has 5 nitrogen and oxygen atoms in total. The number of H-pyrrole nitrogens is 1. The Morgan fingerprint density at radius 3 is 2.88 bits per heavy atom. The van der Waals surface area contributed by atoms with Gasteiger partial charge in [-0.3, -0.25) is 4.90 Å². The number of nitrogens with zero attached hydrogens (tertiary/aromatic N) is 2. The average Bonchev–Trinajstić information content (AvgIpc) is 3.22. The lowest BCUT2D eigenvalue weighted by Gasteiger charge is -2.43. The summed E-state index contributed by atoms with van der Waals surface area (Å²) in [6.45, 7) is 5.63. The van der Waals surface area contributed by atoms with Crippen LogP contribution in [-0.4, -0.2) is 34.7 Å². The SMILES string of the molecule is Cc1cc(CN2CCC3(CC2)OCCc2c3[nH]c3ccccc23)on1. The van der Waals surface area contributed by atoms with E-state index in [0.29, 0.717) is 0 Å². The van der Waals surface area contributed by atoms with Crippen LogP contribution in [0, 0.1) is 6.92 Å². The monoisotopic (exact) mass is 337 g/mol. The average molecular weight is 337 g/mol. The third-order valence-corrected chi connectivity index (χ3v) is 5.72. The van der Waals surface area contributed by atoms with E-state index in [9.17, 15) is 0 Å². The van der Waals surface area contributed by atoms with Crippen LogP contribution in [0.5, 0.6) is 0 Å². The highest BCUT2D eigenvalue weighted by molar-refractivity contribution is 5.85. The predicted molar refractivity (Wildman–Crippen MR) is 95.4 cm³/mol. The maximum atomic E-state index is 6.37. The van der Waals surface area contributed by atoms with Crippen LogP contribution in [0.4, 0.5) is 0 Å². The molecule has 1 aromatic carbocycles. The zero-order valence-electron chi connectivity index (χ0n) is 14.5. The summed E-state index contributed by atoms with van der Waals surface area (Å²) in [4.78, 5) is 6.11. The normalized spacial score (nSPS) is 20.2. The van der Waals surface area contributed by atoms with Crippen molar-refractivity contribution in [2.75, 3.05) is 19.7 Å². The second-order valence-corrected chi connectivity index (χ2v) is 7.33. The molecule has 1 N–H and O–H groups in total. The molecule has 0 bridgehead atoms. The molecular weight excluding hydrogens is 314 g/mol. The van der Waals surface area contributed by atoms with Crippen molar-refractivity contribution in [3.63, 3.8) is 0 Å². The van der Waals surface area contributed by atoms with Gasteiger partial charge in [-0.05, 0) is 37.8 Å². The lowest BCUT2D eigenvalue weighted by Crippen LogP contribution is -2.46. The van der Waals surface area contributed by atoms with Gasteiger partial charge in [-0.15, -0.1) is 0 Å². The predicted octanol–water partition coefficient (Wildman–Crippen LogP) is 3.53. The first-order valence-electron chi connectivity index (χ1n) is 9.12. The molecule has 5 heteroatoms. The van der Waals surface area contributed by atoms with Crippen molar-refractivity contribution in [2.24, 2.45) is 0 Å². The number of aryl methyl sites for hydroxylation is 1. The molecule has 0 aliphatic carbocycles. The highest BCUT2D eigenvalue weighted by Crippen LogP contribution is 2.43. The Bertz CT molecular complexity index is 903. The van der Waals surface area contributed by atoms with E-state index in [2.05, 4.69) is 39.3 Å². The summed E-state index contributed by atoms with van der Waals surface area (Å²) in [7, 11) is 0. The fraction of sp³-hybridized carbons (Fsp3) is 0.450. The summed E-state index contributed by atoms with van der Waals surface area (Å²) in [5.74, 6) is 0.948. The van der Waals surface area contributed by atoms with Crippen LogP contribution < -0.4 is 0 Å². The Morgan fingerprint density at radius 2 is 2.08 bits per heavy atom. The smallest absolute Gasteiger partial charge is 0.150 e. The third kappa shape index (κ3) is 2.50. The van der Waals surface area contributed by atoms with Crippen molar-refractivity contribution >= 4 is 10.9 Å². The van der Waals surface area contributed by atoms with Crippen molar-refractivity contribution < 1.29 is 9.26 Å². The minimum atomic E-state index is -0.152. The molecule has 1 spiro atoms. The van der Waals surface area contributed by atoms with Crippen molar-refractivity contribution in [3.8, 4) is 0 Å². The number of aromatic amines is 1. The number of rotatable bonds is 2. The Labute approximate surface area is 146 Å². The van der Waals surface area contributed by atoms with E-state index < -0.39 is 0 Å². The van der Waals surface area contributed by atoms with E-state index in [4.69, 9.17) is 9.26 Å². The molecule has 0 amide bonds. The minimum Gasteiger partial charge on any atom is -0.368 e. The molecule has 5 rings (SSSR count). The molecule has 1 fully saturated rings. The van der Waals surface area contributed by atoms with Crippen LogP contribution in [-0.2, 0) is 23.3 Å². The number of para-hydroxylation sites is 1. The summed E-state index contributed by atoms with van der Waals surface area (Å²) in [5.41, 5.74) is 4.80. The van der Waals surface area contributed by atoms with Gasteiger partial charge in [0, 0.05) is 30.1 Å². The number of benzene rings is 1. The summed E-state index contributed by atoms with van der Waals surface area (Å²) in [6.07, 6.45) is 3.03. The van der Waals surface area contributed by atoms with Crippen LogP contribution in [0.1, 0.15) is 35.6 Å². The number of nitrogens with one attached hydrogen (secondary N) is 1. The highest BCUT2D eigenvalue weighted by atomic mass is 16.5. The molecule has 2 aromatic heterocycles. The molecule has 25 heavy (non-hydrogen) atoms. The van der Waals surface area contributed by atoms with Gasteiger partial charge in [0.15, 0.2) is 5.76 Å². The number of ether oxygens (including phenoxy) is 1. The van der Waals surface area contributed by atoms with Gasteiger partial charge in [0.2, 0.25) is 0 Å². The summed E-state index contributed by atoms with van der Waals surface area (Å²) in [5, 5.41) is 5.35. The van der Waals surface area contributed by atoms with Crippen LogP contribution in [0.25, 0.3) is 10.9 Å². The molecule has 3 aromatic rings. The molecule has 0 saturated carbocycles. The Hall–Kier alpha value is -2.11. The van der Waals surface area contributed by atoms with Gasteiger partial charge in [0.1, 0.15) is 5.60 Å². The number of piperidine rings is 1. The van der Waals surface area contributed by atoms with E-state index in [1.54, 1.807) is 0 Å². The summed E-state index contributed by atoms with van der Waals surface area (Å²) < 4.78 is 11.7.